The zero-order valence-electron chi connectivity index (χ0n) is 17.7. The van der Waals surface area contributed by atoms with Gasteiger partial charge in [-0.1, -0.05) is 24.6 Å². The molecule has 8 heteroatoms. The number of hydrogen-bond acceptors (Lipinski definition) is 5. The molecule has 1 atom stereocenters. The van der Waals surface area contributed by atoms with Gasteiger partial charge in [0.2, 0.25) is 0 Å². The van der Waals surface area contributed by atoms with Gasteiger partial charge in [0.05, 0.1) is 12.1 Å². The molecule has 1 aromatic heterocycles. The molecule has 2 fully saturated rings. The highest BCUT2D eigenvalue weighted by Gasteiger charge is 2.29. The zero-order valence-corrected chi connectivity index (χ0v) is 18.5. The topological polar surface area (TPSA) is 76.4 Å². The van der Waals surface area contributed by atoms with Crippen molar-refractivity contribution < 1.29 is 4.74 Å². The first-order valence-corrected chi connectivity index (χ1v) is 12.0. The average molecular weight is 409 g/mol. The number of rotatable bonds is 9. The third-order valence-electron chi connectivity index (χ3n) is 5.69. The Kier molecular flexibility index (Phi) is 8.02. The Morgan fingerprint density at radius 3 is 2.79 bits per heavy atom. The van der Waals surface area contributed by atoms with Crippen LogP contribution in [0.5, 0.6) is 0 Å². The second kappa shape index (κ2) is 10.5. The predicted octanol–water partition coefficient (Wildman–Crippen LogP) is 3.17. The summed E-state index contributed by atoms with van der Waals surface area (Å²) in [4.78, 5) is 4.74. The van der Waals surface area contributed by atoms with Crippen molar-refractivity contribution in [2.45, 2.75) is 82.0 Å². The first-order valence-electron chi connectivity index (χ1n) is 10.8. The molecule has 0 aromatic carbocycles. The van der Waals surface area contributed by atoms with Gasteiger partial charge in [0.15, 0.2) is 11.1 Å². The van der Waals surface area contributed by atoms with Crippen molar-refractivity contribution in [2.24, 2.45) is 4.99 Å². The van der Waals surface area contributed by atoms with Gasteiger partial charge >= 0.3 is 0 Å². The summed E-state index contributed by atoms with van der Waals surface area (Å²) in [5, 5.41) is 16.8. The van der Waals surface area contributed by atoms with Gasteiger partial charge < -0.3 is 19.9 Å². The summed E-state index contributed by atoms with van der Waals surface area (Å²) in [6, 6.07) is 0.589. The van der Waals surface area contributed by atoms with Crippen molar-refractivity contribution in [3.63, 3.8) is 0 Å². The molecule has 0 amide bonds. The van der Waals surface area contributed by atoms with Crippen molar-refractivity contribution >= 4 is 17.7 Å². The van der Waals surface area contributed by atoms with E-state index in [1.54, 1.807) is 11.8 Å². The summed E-state index contributed by atoms with van der Waals surface area (Å²) >= 11 is 1.70. The van der Waals surface area contributed by atoms with Crippen molar-refractivity contribution in [3.05, 3.63) is 5.82 Å². The summed E-state index contributed by atoms with van der Waals surface area (Å²) in [7, 11) is 0. The SMILES string of the molecule is CCNC(=NCC1(C)CCCO1)NCCCc1nnc(SC)n1C1CCCC1. The maximum Gasteiger partial charge on any atom is 0.191 e. The number of ether oxygens (including phenoxy) is 1. The molecule has 2 N–H and O–H groups in total. The van der Waals surface area contributed by atoms with E-state index >= 15 is 0 Å². The fourth-order valence-electron chi connectivity index (χ4n) is 4.15. The highest BCUT2D eigenvalue weighted by molar-refractivity contribution is 7.98. The van der Waals surface area contributed by atoms with E-state index in [1.807, 2.05) is 0 Å². The number of aliphatic imine (C=N–C) groups is 1. The van der Waals surface area contributed by atoms with Crippen LogP contribution in [0.2, 0.25) is 0 Å². The fourth-order valence-corrected chi connectivity index (χ4v) is 4.72. The first-order chi connectivity index (χ1) is 13.6. The van der Waals surface area contributed by atoms with Crippen molar-refractivity contribution in [1.82, 2.24) is 25.4 Å². The van der Waals surface area contributed by atoms with Crippen LogP contribution < -0.4 is 10.6 Å². The van der Waals surface area contributed by atoms with Crippen LogP contribution in [-0.4, -0.2) is 58.8 Å². The monoisotopic (exact) mass is 408 g/mol. The van der Waals surface area contributed by atoms with E-state index in [0.717, 1.165) is 62.3 Å². The van der Waals surface area contributed by atoms with Crippen LogP contribution in [0.3, 0.4) is 0 Å². The Bertz CT molecular complexity index is 635. The maximum absolute atomic E-state index is 5.84. The van der Waals surface area contributed by atoms with Crippen LogP contribution in [0.25, 0.3) is 0 Å². The highest BCUT2D eigenvalue weighted by atomic mass is 32.2. The number of hydrogen-bond donors (Lipinski definition) is 2. The number of guanidine groups is 1. The molecule has 1 aliphatic heterocycles. The van der Waals surface area contributed by atoms with Gasteiger partial charge in [0.25, 0.3) is 0 Å². The molecular weight excluding hydrogens is 372 g/mol. The lowest BCUT2D eigenvalue weighted by Gasteiger charge is -2.21. The Morgan fingerprint density at radius 2 is 2.11 bits per heavy atom. The summed E-state index contributed by atoms with van der Waals surface area (Å²) < 4.78 is 8.24. The Hall–Kier alpha value is -1.28. The summed E-state index contributed by atoms with van der Waals surface area (Å²) in [6.45, 7) is 7.54. The molecule has 1 aromatic rings. The number of nitrogens with zero attached hydrogens (tertiary/aromatic N) is 4. The van der Waals surface area contributed by atoms with Gasteiger partial charge in [-0.25, -0.2) is 0 Å². The van der Waals surface area contributed by atoms with E-state index in [2.05, 4.69) is 45.5 Å². The highest BCUT2D eigenvalue weighted by Crippen LogP contribution is 2.33. The molecule has 28 heavy (non-hydrogen) atoms. The van der Waals surface area contributed by atoms with Gasteiger partial charge in [0, 0.05) is 32.2 Å². The van der Waals surface area contributed by atoms with E-state index in [-0.39, 0.29) is 5.60 Å². The second-order valence-electron chi connectivity index (χ2n) is 8.04. The van der Waals surface area contributed by atoms with E-state index < -0.39 is 0 Å². The Labute approximate surface area is 173 Å². The maximum atomic E-state index is 5.84. The zero-order chi connectivity index (χ0) is 19.8. The smallest absolute Gasteiger partial charge is 0.191 e. The van der Waals surface area contributed by atoms with Crippen molar-refractivity contribution in [1.29, 1.82) is 0 Å². The third-order valence-corrected chi connectivity index (χ3v) is 6.34. The normalized spacial score (nSPS) is 23.5. The fraction of sp³-hybridized carbons (Fsp3) is 0.850. The van der Waals surface area contributed by atoms with Gasteiger partial charge in [0.1, 0.15) is 5.82 Å². The molecular formula is C20H36N6OS. The van der Waals surface area contributed by atoms with E-state index in [4.69, 9.17) is 9.73 Å². The quantitative estimate of drug-likeness (QED) is 0.283. The number of aromatic nitrogens is 3. The number of nitrogens with one attached hydrogen (secondary N) is 2. The third kappa shape index (κ3) is 5.63. The molecule has 0 spiro atoms. The molecule has 2 aliphatic rings. The van der Waals surface area contributed by atoms with Crippen LogP contribution >= 0.6 is 11.8 Å². The van der Waals surface area contributed by atoms with E-state index in [1.165, 1.54) is 25.7 Å². The Morgan fingerprint density at radius 1 is 1.29 bits per heavy atom. The molecule has 2 heterocycles. The van der Waals surface area contributed by atoms with E-state index in [9.17, 15) is 0 Å². The Balaban J connectivity index is 1.50. The van der Waals surface area contributed by atoms with Gasteiger partial charge in [-0.05, 0) is 52.2 Å². The first kappa shape index (κ1) is 21.4. The van der Waals surface area contributed by atoms with Crippen LogP contribution in [-0.2, 0) is 11.2 Å². The molecule has 1 saturated carbocycles. The molecule has 1 aliphatic carbocycles. The van der Waals surface area contributed by atoms with Crippen LogP contribution in [0.4, 0.5) is 0 Å². The molecule has 0 radical (unpaired) electrons. The van der Waals surface area contributed by atoms with Gasteiger partial charge in [-0.15, -0.1) is 10.2 Å². The molecule has 7 nitrogen and oxygen atoms in total. The van der Waals surface area contributed by atoms with E-state index in [0.29, 0.717) is 12.6 Å². The lowest BCUT2D eigenvalue weighted by Crippen LogP contribution is -2.39. The largest absolute Gasteiger partial charge is 0.373 e. The summed E-state index contributed by atoms with van der Waals surface area (Å²) in [5.41, 5.74) is -0.103. The number of aryl methyl sites for hydroxylation is 1. The molecule has 1 saturated heterocycles. The van der Waals surface area contributed by atoms with Gasteiger partial charge in [-0.2, -0.15) is 0 Å². The van der Waals surface area contributed by atoms with Crippen molar-refractivity contribution in [2.75, 3.05) is 32.5 Å². The average Bonchev–Trinajstić information content (AvgIpc) is 3.43. The molecule has 0 bridgehead atoms. The lowest BCUT2D eigenvalue weighted by atomic mass is 10.0. The molecule has 158 valence electrons. The van der Waals surface area contributed by atoms with Crippen molar-refractivity contribution in [3.8, 4) is 0 Å². The minimum atomic E-state index is -0.103. The second-order valence-corrected chi connectivity index (χ2v) is 8.81. The molecule has 1 unspecified atom stereocenters. The lowest BCUT2D eigenvalue weighted by molar-refractivity contribution is 0.0283. The molecule has 3 rings (SSSR count). The summed E-state index contributed by atoms with van der Waals surface area (Å²) in [6.07, 6.45) is 11.4. The minimum absolute atomic E-state index is 0.103. The number of thioether (sulfide) groups is 1. The standard InChI is InChI=1S/C20H36N6OS/c1-4-21-18(23-15-20(2)12-8-14-27-20)22-13-7-11-17-24-25-19(28-3)26(17)16-9-5-6-10-16/h16H,4-15H2,1-3H3,(H2,21,22,23). The van der Waals surface area contributed by atoms with Crippen LogP contribution in [0.15, 0.2) is 10.1 Å². The van der Waals surface area contributed by atoms with Crippen LogP contribution in [0, 0.1) is 0 Å². The van der Waals surface area contributed by atoms with Crippen LogP contribution in [0.1, 0.15) is 70.7 Å². The minimum Gasteiger partial charge on any atom is -0.373 e. The predicted molar refractivity (Wildman–Crippen MR) is 115 cm³/mol. The summed E-state index contributed by atoms with van der Waals surface area (Å²) in [5.74, 6) is 2.01. The van der Waals surface area contributed by atoms with Gasteiger partial charge in [-0.3, -0.25) is 4.99 Å².